The SMILES string of the molecule is O=C1N[C@@H](Cc2ccccc2)C(=O)N/C1=C/c1ccccc1. The Morgan fingerprint density at radius 1 is 0.909 bits per heavy atom. The van der Waals surface area contributed by atoms with Crippen LogP contribution in [0.2, 0.25) is 0 Å². The minimum Gasteiger partial charge on any atom is -0.339 e. The van der Waals surface area contributed by atoms with E-state index in [2.05, 4.69) is 10.6 Å². The first-order chi connectivity index (χ1) is 10.7. The van der Waals surface area contributed by atoms with Crippen LogP contribution in [0.25, 0.3) is 6.08 Å². The van der Waals surface area contributed by atoms with Crippen molar-refractivity contribution in [1.29, 1.82) is 0 Å². The third-order valence-corrected chi connectivity index (χ3v) is 3.52. The summed E-state index contributed by atoms with van der Waals surface area (Å²) in [4.78, 5) is 24.3. The van der Waals surface area contributed by atoms with Gasteiger partial charge in [-0.1, -0.05) is 60.7 Å². The van der Waals surface area contributed by atoms with Crippen molar-refractivity contribution in [2.24, 2.45) is 0 Å². The number of benzene rings is 2. The highest BCUT2D eigenvalue weighted by molar-refractivity contribution is 6.07. The van der Waals surface area contributed by atoms with Crippen LogP contribution in [-0.4, -0.2) is 17.9 Å². The fourth-order valence-electron chi connectivity index (χ4n) is 2.39. The van der Waals surface area contributed by atoms with E-state index in [-0.39, 0.29) is 17.5 Å². The van der Waals surface area contributed by atoms with Gasteiger partial charge in [0.15, 0.2) is 0 Å². The lowest BCUT2D eigenvalue weighted by Crippen LogP contribution is -2.55. The van der Waals surface area contributed by atoms with Gasteiger partial charge in [0.25, 0.3) is 5.91 Å². The standard InChI is InChI=1S/C18H16N2O2/c21-17-15(11-13-7-3-1-4-8-13)19-18(22)16(20-17)12-14-9-5-2-6-10-14/h1-11,16H,12H2,(H,19,22)(H,20,21)/b15-11+/t16-/m0/s1. The molecule has 1 fully saturated rings. The summed E-state index contributed by atoms with van der Waals surface area (Å²) in [5, 5.41) is 5.46. The van der Waals surface area contributed by atoms with Gasteiger partial charge in [-0.05, 0) is 17.2 Å². The van der Waals surface area contributed by atoms with E-state index in [0.29, 0.717) is 6.42 Å². The minimum absolute atomic E-state index is 0.189. The molecule has 0 bridgehead atoms. The molecule has 1 heterocycles. The number of hydrogen-bond acceptors (Lipinski definition) is 2. The van der Waals surface area contributed by atoms with Crippen LogP contribution in [0.15, 0.2) is 66.4 Å². The first-order valence-electron chi connectivity index (χ1n) is 7.15. The van der Waals surface area contributed by atoms with Gasteiger partial charge >= 0.3 is 0 Å². The maximum Gasteiger partial charge on any atom is 0.268 e. The number of carbonyl (C=O) groups excluding carboxylic acids is 2. The zero-order valence-corrected chi connectivity index (χ0v) is 12.0. The lowest BCUT2D eigenvalue weighted by molar-refractivity contribution is -0.131. The van der Waals surface area contributed by atoms with Gasteiger partial charge in [-0.2, -0.15) is 0 Å². The largest absolute Gasteiger partial charge is 0.339 e. The number of carbonyl (C=O) groups is 2. The van der Waals surface area contributed by atoms with E-state index in [1.165, 1.54) is 0 Å². The Bertz CT molecular complexity index is 708. The Hall–Kier alpha value is -2.88. The molecular weight excluding hydrogens is 276 g/mol. The van der Waals surface area contributed by atoms with Crippen molar-refractivity contribution in [3.05, 3.63) is 77.5 Å². The third kappa shape index (κ3) is 3.23. The molecule has 110 valence electrons. The van der Waals surface area contributed by atoms with Crippen molar-refractivity contribution in [1.82, 2.24) is 10.6 Å². The predicted octanol–water partition coefficient (Wildman–Crippen LogP) is 1.88. The minimum atomic E-state index is -0.539. The maximum absolute atomic E-state index is 12.2. The smallest absolute Gasteiger partial charge is 0.268 e. The molecule has 0 saturated carbocycles. The fourth-order valence-corrected chi connectivity index (χ4v) is 2.39. The van der Waals surface area contributed by atoms with Gasteiger partial charge < -0.3 is 10.6 Å². The zero-order chi connectivity index (χ0) is 15.4. The Balaban J connectivity index is 1.73. The van der Waals surface area contributed by atoms with Crippen LogP contribution in [0.3, 0.4) is 0 Å². The number of rotatable bonds is 3. The van der Waals surface area contributed by atoms with Crippen LogP contribution in [0, 0.1) is 0 Å². The summed E-state index contributed by atoms with van der Waals surface area (Å²) >= 11 is 0. The highest BCUT2D eigenvalue weighted by Gasteiger charge is 2.29. The Kier molecular flexibility index (Phi) is 4.01. The monoisotopic (exact) mass is 292 g/mol. The van der Waals surface area contributed by atoms with Gasteiger partial charge in [-0.25, -0.2) is 0 Å². The second-order valence-corrected chi connectivity index (χ2v) is 5.17. The molecule has 22 heavy (non-hydrogen) atoms. The highest BCUT2D eigenvalue weighted by Crippen LogP contribution is 2.11. The third-order valence-electron chi connectivity index (χ3n) is 3.52. The molecule has 0 unspecified atom stereocenters. The van der Waals surface area contributed by atoms with Gasteiger partial charge in [0, 0.05) is 6.42 Å². The van der Waals surface area contributed by atoms with Crippen LogP contribution in [0.4, 0.5) is 0 Å². The average molecular weight is 292 g/mol. The summed E-state index contributed by atoms with van der Waals surface area (Å²) in [5.74, 6) is -0.449. The maximum atomic E-state index is 12.2. The number of amides is 2. The molecule has 2 N–H and O–H groups in total. The molecule has 1 atom stereocenters. The Morgan fingerprint density at radius 3 is 2.23 bits per heavy atom. The molecule has 0 aliphatic carbocycles. The fraction of sp³-hybridized carbons (Fsp3) is 0.111. The van der Waals surface area contributed by atoms with Gasteiger partial charge in [0.1, 0.15) is 11.7 Å². The quantitative estimate of drug-likeness (QED) is 0.849. The van der Waals surface area contributed by atoms with Crippen LogP contribution in [0.1, 0.15) is 11.1 Å². The van der Waals surface area contributed by atoms with E-state index in [9.17, 15) is 9.59 Å². The number of nitrogens with one attached hydrogen (secondary N) is 2. The molecule has 2 aromatic rings. The van der Waals surface area contributed by atoms with Gasteiger partial charge in [-0.15, -0.1) is 0 Å². The summed E-state index contributed by atoms with van der Waals surface area (Å²) in [6.07, 6.45) is 2.16. The zero-order valence-electron chi connectivity index (χ0n) is 12.0. The molecule has 3 rings (SSSR count). The molecular formula is C18H16N2O2. The lowest BCUT2D eigenvalue weighted by Gasteiger charge is -2.25. The molecule has 1 aliphatic heterocycles. The van der Waals surface area contributed by atoms with Crippen LogP contribution >= 0.6 is 0 Å². The van der Waals surface area contributed by atoms with Gasteiger partial charge in [-0.3, -0.25) is 9.59 Å². The molecule has 0 spiro atoms. The molecule has 2 amide bonds. The van der Waals surface area contributed by atoms with Crippen molar-refractivity contribution >= 4 is 17.9 Å². The average Bonchev–Trinajstić information content (AvgIpc) is 2.54. The normalized spacial score (nSPS) is 19.6. The molecule has 4 heteroatoms. The first-order valence-corrected chi connectivity index (χ1v) is 7.15. The van der Waals surface area contributed by atoms with E-state index in [1.54, 1.807) is 6.08 Å². The Labute approximate surface area is 128 Å². The van der Waals surface area contributed by atoms with Gasteiger partial charge in [0.05, 0.1) is 0 Å². The van der Waals surface area contributed by atoms with Crippen molar-refractivity contribution in [3.8, 4) is 0 Å². The topological polar surface area (TPSA) is 58.2 Å². The van der Waals surface area contributed by atoms with Gasteiger partial charge in [0.2, 0.25) is 5.91 Å². The molecule has 0 radical (unpaired) electrons. The summed E-state index contributed by atoms with van der Waals surface area (Å²) < 4.78 is 0. The van der Waals surface area contributed by atoms with E-state index in [1.807, 2.05) is 60.7 Å². The Morgan fingerprint density at radius 2 is 1.55 bits per heavy atom. The van der Waals surface area contributed by atoms with Crippen LogP contribution in [-0.2, 0) is 16.0 Å². The summed E-state index contributed by atoms with van der Waals surface area (Å²) in [5.41, 5.74) is 2.16. The van der Waals surface area contributed by atoms with Crippen molar-refractivity contribution in [2.45, 2.75) is 12.5 Å². The predicted molar refractivity (Wildman–Crippen MR) is 84.6 cm³/mol. The number of hydrogen-bond donors (Lipinski definition) is 2. The second-order valence-electron chi connectivity index (χ2n) is 5.17. The summed E-state index contributed by atoms with van der Waals surface area (Å²) in [6, 6.07) is 18.5. The summed E-state index contributed by atoms with van der Waals surface area (Å²) in [6.45, 7) is 0. The van der Waals surface area contributed by atoms with E-state index in [0.717, 1.165) is 11.1 Å². The molecule has 4 nitrogen and oxygen atoms in total. The van der Waals surface area contributed by atoms with E-state index in [4.69, 9.17) is 0 Å². The lowest BCUT2D eigenvalue weighted by atomic mass is 10.0. The van der Waals surface area contributed by atoms with Crippen LogP contribution in [0.5, 0.6) is 0 Å². The summed E-state index contributed by atoms with van der Waals surface area (Å²) in [7, 11) is 0. The van der Waals surface area contributed by atoms with Crippen molar-refractivity contribution in [2.75, 3.05) is 0 Å². The van der Waals surface area contributed by atoms with E-state index < -0.39 is 6.04 Å². The highest BCUT2D eigenvalue weighted by atomic mass is 16.2. The number of piperazine rings is 1. The van der Waals surface area contributed by atoms with Crippen molar-refractivity contribution in [3.63, 3.8) is 0 Å². The second kappa shape index (κ2) is 6.26. The first kappa shape index (κ1) is 14.1. The molecule has 1 aliphatic rings. The molecule has 1 saturated heterocycles. The van der Waals surface area contributed by atoms with Crippen LogP contribution < -0.4 is 10.6 Å². The van der Waals surface area contributed by atoms with Crippen molar-refractivity contribution < 1.29 is 9.59 Å². The van der Waals surface area contributed by atoms with E-state index >= 15 is 0 Å². The molecule has 0 aromatic heterocycles. The molecule has 2 aromatic carbocycles.